The number of hydrogen-bond acceptors (Lipinski definition) is 5. The number of aliphatic hydroxyl groups excluding tert-OH is 1. The van der Waals surface area contributed by atoms with E-state index in [2.05, 4.69) is 10.3 Å². The van der Waals surface area contributed by atoms with Gasteiger partial charge in [0, 0.05) is 12.1 Å². The maximum absolute atomic E-state index is 13.1. The summed E-state index contributed by atoms with van der Waals surface area (Å²) in [4.78, 5) is 10.1. The number of aromatic nitrogens is 3. The number of hydrogen-bond donors (Lipinski definition) is 1. The summed E-state index contributed by atoms with van der Waals surface area (Å²) in [6.07, 6.45) is 1.29. The van der Waals surface area contributed by atoms with Crippen LogP contribution in [0.3, 0.4) is 0 Å². The number of rotatable bonds is 3. The Morgan fingerprint density at radius 3 is 2.88 bits per heavy atom. The zero-order valence-corrected chi connectivity index (χ0v) is 8.45. The first kappa shape index (κ1) is 11.1. The summed E-state index contributed by atoms with van der Waals surface area (Å²) in [5.74, 6) is -0.619. The zero-order chi connectivity index (χ0) is 12.4. The van der Waals surface area contributed by atoms with E-state index in [1.165, 1.54) is 6.20 Å². The minimum absolute atomic E-state index is 0.0396. The van der Waals surface area contributed by atoms with Crippen molar-refractivity contribution in [2.24, 2.45) is 0 Å². The lowest BCUT2D eigenvalue weighted by Crippen LogP contribution is -2.01. The molecule has 7 nitrogen and oxygen atoms in total. The van der Waals surface area contributed by atoms with E-state index in [-0.39, 0.29) is 23.7 Å². The maximum atomic E-state index is 13.1. The zero-order valence-electron chi connectivity index (χ0n) is 8.45. The Morgan fingerprint density at radius 2 is 2.29 bits per heavy atom. The van der Waals surface area contributed by atoms with Gasteiger partial charge in [0.1, 0.15) is 17.2 Å². The molecule has 0 unspecified atom stereocenters. The van der Waals surface area contributed by atoms with Crippen LogP contribution < -0.4 is 0 Å². The standard InChI is InChI=1S/C9H7FN4O3/c10-6-1-2-8(14(16)17)9(3-6)13-4-7(5-15)11-12-13/h1-4,15H,5H2. The fraction of sp³-hybridized carbons (Fsp3) is 0.111. The summed E-state index contributed by atoms with van der Waals surface area (Å²) in [5.41, 5.74) is -0.0912. The Kier molecular flexibility index (Phi) is 2.79. The molecule has 0 amide bonds. The Bertz CT molecular complexity index is 569. The molecule has 0 saturated heterocycles. The van der Waals surface area contributed by atoms with Gasteiger partial charge in [0.15, 0.2) is 0 Å². The van der Waals surface area contributed by atoms with E-state index >= 15 is 0 Å². The highest BCUT2D eigenvalue weighted by Gasteiger charge is 2.17. The Morgan fingerprint density at radius 1 is 1.53 bits per heavy atom. The van der Waals surface area contributed by atoms with Gasteiger partial charge in [-0.1, -0.05) is 5.21 Å². The summed E-state index contributed by atoms with van der Waals surface area (Å²) in [5, 5.41) is 26.7. The second kappa shape index (κ2) is 4.26. The third-order valence-corrected chi connectivity index (χ3v) is 2.08. The van der Waals surface area contributed by atoms with Crippen LogP contribution >= 0.6 is 0 Å². The molecule has 1 N–H and O–H groups in total. The van der Waals surface area contributed by atoms with Gasteiger partial charge < -0.3 is 5.11 Å². The van der Waals surface area contributed by atoms with Gasteiger partial charge in [0.2, 0.25) is 0 Å². The first-order chi connectivity index (χ1) is 8.11. The molecule has 0 spiro atoms. The highest BCUT2D eigenvalue weighted by molar-refractivity contribution is 5.51. The summed E-state index contributed by atoms with van der Waals surface area (Å²) < 4.78 is 14.1. The largest absolute Gasteiger partial charge is 0.390 e. The van der Waals surface area contributed by atoms with Crippen LogP contribution in [0.4, 0.5) is 10.1 Å². The molecule has 0 aliphatic carbocycles. The van der Waals surface area contributed by atoms with E-state index in [4.69, 9.17) is 5.11 Å². The number of aliphatic hydroxyl groups is 1. The summed E-state index contributed by atoms with van der Waals surface area (Å²) in [7, 11) is 0. The summed E-state index contributed by atoms with van der Waals surface area (Å²) >= 11 is 0. The molecular formula is C9H7FN4O3. The van der Waals surface area contributed by atoms with Crippen LogP contribution in [0.15, 0.2) is 24.4 Å². The SMILES string of the molecule is O=[N+]([O-])c1ccc(F)cc1-n1cc(CO)nn1. The van der Waals surface area contributed by atoms with Crippen molar-refractivity contribution in [2.45, 2.75) is 6.61 Å². The minimum Gasteiger partial charge on any atom is -0.390 e. The monoisotopic (exact) mass is 238 g/mol. The molecule has 0 aliphatic rings. The fourth-order valence-corrected chi connectivity index (χ4v) is 1.32. The van der Waals surface area contributed by atoms with Crippen molar-refractivity contribution in [1.29, 1.82) is 0 Å². The van der Waals surface area contributed by atoms with E-state index < -0.39 is 10.7 Å². The molecule has 2 rings (SSSR count). The van der Waals surface area contributed by atoms with Crippen molar-refractivity contribution < 1.29 is 14.4 Å². The lowest BCUT2D eigenvalue weighted by molar-refractivity contribution is -0.384. The smallest absolute Gasteiger partial charge is 0.295 e. The normalized spacial score (nSPS) is 10.5. The lowest BCUT2D eigenvalue weighted by atomic mass is 10.2. The number of nitro groups is 1. The Labute approximate surface area is 94.3 Å². The van der Waals surface area contributed by atoms with Crippen molar-refractivity contribution in [3.05, 3.63) is 46.0 Å². The highest BCUT2D eigenvalue weighted by Crippen LogP contribution is 2.22. The lowest BCUT2D eigenvalue weighted by Gasteiger charge is -2.01. The van der Waals surface area contributed by atoms with E-state index in [0.29, 0.717) is 0 Å². The molecule has 0 atom stereocenters. The van der Waals surface area contributed by atoms with Crippen LogP contribution in [0.5, 0.6) is 0 Å². The fourth-order valence-electron chi connectivity index (χ4n) is 1.32. The first-order valence-electron chi connectivity index (χ1n) is 4.58. The van der Waals surface area contributed by atoms with Gasteiger partial charge in [-0.2, -0.15) is 0 Å². The average Bonchev–Trinajstić information content (AvgIpc) is 2.76. The van der Waals surface area contributed by atoms with Gasteiger partial charge in [-0.25, -0.2) is 9.07 Å². The first-order valence-corrected chi connectivity index (χ1v) is 4.58. The third-order valence-electron chi connectivity index (χ3n) is 2.08. The molecule has 0 radical (unpaired) electrons. The summed E-state index contributed by atoms with van der Waals surface area (Å²) in [6, 6.07) is 3.02. The molecular weight excluding hydrogens is 231 g/mol. The molecule has 88 valence electrons. The average molecular weight is 238 g/mol. The number of nitro benzene ring substituents is 1. The molecule has 8 heteroatoms. The molecule has 0 bridgehead atoms. The van der Waals surface area contributed by atoms with Crippen LogP contribution in [0.25, 0.3) is 5.69 Å². The van der Waals surface area contributed by atoms with E-state index in [1.807, 2.05) is 0 Å². The van der Waals surface area contributed by atoms with Gasteiger partial charge in [0.05, 0.1) is 17.7 Å². The number of nitrogens with zero attached hydrogens (tertiary/aromatic N) is 4. The van der Waals surface area contributed by atoms with E-state index in [1.54, 1.807) is 0 Å². The molecule has 2 aromatic rings. The van der Waals surface area contributed by atoms with Crippen LogP contribution in [0.1, 0.15) is 5.69 Å². The quantitative estimate of drug-likeness (QED) is 0.630. The predicted octanol–water partition coefficient (Wildman–Crippen LogP) is 0.807. The van der Waals surface area contributed by atoms with Gasteiger partial charge in [-0.05, 0) is 6.07 Å². The van der Waals surface area contributed by atoms with Crippen molar-refractivity contribution in [1.82, 2.24) is 15.0 Å². The van der Waals surface area contributed by atoms with Crippen molar-refractivity contribution in [3.8, 4) is 5.69 Å². The van der Waals surface area contributed by atoms with Crippen LogP contribution in [0, 0.1) is 15.9 Å². The molecule has 0 saturated carbocycles. The predicted molar refractivity (Wildman–Crippen MR) is 53.9 cm³/mol. The number of halogens is 1. The second-order valence-electron chi connectivity index (χ2n) is 3.20. The van der Waals surface area contributed by atoms with Gasteiger partial charge in [0.25, 0.3) is 5.69 Å². The Hall–Kier alpha value is -2.35. The molecule has 1 heterocycles. The van der Waals surface area contributed by atoms with Crippen molar-refractivity contribution >= 4 is 5.69 Å². The molecule has 1 aromatic heterocycles. The highest BCUT2D eigenvalue weighted by atomic mass is 19.1. The third kappa shape index (κ3) is 2.11. The van der Waals surface area contributed by atoms with Gasteiger partial charge in [-0.3, -0.25) is 10.1 Å². The summed E-state index contributed by atoms with van der Waals surface area (Å²) in [6.45, 7) is -0.344. The molecule has 0 aliphatic heterocycles. The molecule has 0 fully saturated rings. The van der Waals surface area contributed by atoms with Gasteiger partial charge in [-0.15, -0.1) is 5.10 Å². The minimum atomic E-state index is -0.644. The van der Waals surface area contributed by atoms with Crippen LogP contribution in [0.2, 0.25) is 0 Å². The van der Waals surface area contributed by atoms with E-state index in [9.17, 15) is 14.5 Å². The molecule has 1 aromatic carbocycles. The van der Waals surface area contributed by atoms with Crippen molar-refractivity contribution in [3.63, 3.8) is 0 Å². The van der Waals surface area contributed by atoms with E-state index in [0.717, 1.165) is 22.9 Å². The van der Waals surface area contributed by atoms with Crippen LogP contribution in [-0.4, -0.2) is 25.0 Å². The van der Waals surface area contributed by atoms with Crippen molar-refractivity contribution in [2.75, 3.05) is 0 Å². The molecule has 17 heavy (non-hydrogen) atoms. The van der Waals surface area contributed by atoms with Crippen LogP contribution in [-0.2, 0) is 6.61 Å². The second-order valence-corrected chi connectivity index (χ2v) is 3.20. The maximum Gasteiger partial charge on any atom is 0.295 e. The van der Waals surface area contributed by atoms with Gasteiger partial charge >= 0.3 is 0 Å². The Balaban J connectivity index is 2.56. The number of benzene rings is 1. The topological polar surface area (TPSA) is 94.1 Å².